The average molecular weight is 341 g/mol. The van der Waals surface area contributed by atoms with Crippen LogP contribution in [-0.2, 0) is 0 Å². The van der Waals surface area contributed by atoms with Crippen molar-refractivity contribution in [3.8, 4) is 23.5 Å². The van der Waals surface area contributed by atoms with E-state index in [4.69, 9.17) is 4.42 Å². The highest BCUT2D eigenvalue weighted by Gasteiger charge is 2.11. The molecule has 0 bridgehead atoms. The van der Waals surface area contributed by atoms with Crippen LogP contribution in [0.3, 0.4) is 0 Å². The Labute approximate surface area is 149 Å². The largest absolute Gasteiger partial charge is 0.457 e. The second-order valence-corrected chi connectivity index (χ2v) is 5.34. The van der Waals surface area contributed by atoms with Crippen molar-refractivity contribution in [1.82, 2.24) is 0 Å². The van der Waals surface area contributed by atoms with Gasteiger partial charge in [0.05, 0.1) is 28.2 Å². The summed E-state index contributed by atoms with van der Waals surface area (Å²) in [5.41, 5.74) is 1.71. The molecule has 0 amide bonds. The Balaban J connectivity index is 1.98. The van der Waals surface area contributed by atoms with Gasteiger partial charge in [-0.3, -0.25) is 10.1 Å². The number of nitro benzene ring substituents is 1. The third-order valence-corrected chi connectivity index (χ3v) is 3.71. The monoisotopic (exact) mass is 341 g/mol. The fourth-order valence-electron chi connectivity index (χ4n) is 2.48. The number of non-ortho nitro benzene ring substituents is 1. The van der Waals surface area contributed by atoms with Gasteiger partial charge in [0, 0.05) is 17.7 Å². The van der Waals surface area contributed by atoms with Crippen LogP contribution >= 0.6 is 0 Å². The molecule has 3 aromatic rings. The smallest absolute Gasteiger partial charge is 0.270 e. The van der Waals surface area contributed by atoms with Gasteiger partial charge in [0.25, 0.3) is 5.69 Å². The van der Waals surface area contributed by atoms with E-state index < -0.39 is 4.92 Å². The van der Waals surface area contributed by atoms with Crippen LogP contribution in [0.15, 0.2) is 65.1 Å². The van der Waals surface area contributed by atoms with Gasteiger partial charge in [0.2, 0.25) is 0 Å². The minimum absolute atomic E-state index is 0.0910. The Morgan fingerprint density at radius 3 is 2.62 bits per heavy atom. The summed E-state index contributed by atoms with van der Waals surface area (Å²) in [4.78, 5) is 10.4. The van der Waals surface area contributed by atoms with Crippen LogP contribution in [0.5, 0.6) is 0 Å². The summed E-state index contributed by atoms with van der Waals surface area (Å²) >= 11 is 0. The number of nitrogens with zero attached hydrogens (tertiary/aromatic N) is 3. The van der Waals surface area contributed by atoms with Gasteiger partial charge in [0.15, 0.2) is 0 Å². The summed E-state index contributed by atoms with van der Waals surface area (Å²) in [5, 5.41) is 29.5. The number of nitro groups is 1. The topological polar surface area (TPSA) is 104 Å². The maximum absolute atomic E-state index is 10.9. The van der Waals surface area contributed by atoms with Crippen molar-refractivity contribution in [2.24, 2.45) is 0 Å². The molecule has 1 aromatic heterocycles. The lowest BCUT2D eigenvalue weighted by atomic mass is 10.1. The first-order valence-electron chi connectivity index (χ1n) is 7.58. The van der Waals surface area contributed by atoms with Crippen LogP contribution in [-0.4, -0.2) is 4.92 Å². The van der Waals surface area contributed by atoms with Crippen molar-refractivity contribution in [1.29, 1.82) is 10.5 Å². The zero-order valence-corrected chi connectivity index (χ0v) is 13.4. The fraction of sp³-hybridized carbons (Fsp3) is 0. The van der Waals surface area contributed by atoms with E-state index in [0.29, 0.717) is 28.2 Å². The second-order valence-electron chi connectivity index (χ2n) is 5.34. The molecule has 0 aliphatic heterocycles. The number of hydrogen-bond donors (Lipinski definition) is 0. The quantitative estimate of drug-likeness (QED) is 0.385. The lowest BCUT2D eigenvalue weighted by molar-refractivity contribution is -0.384. The molecule has 0 saturated carbocycles. The summed E-state index contributed by atoms with van der Waals surface area (Å²) in [7, 11) is 0. The summed E-state index contributed by atoms with van der Waals surface area (Å²) in [6.45, 7) is 0. The molecule has 3 rings (SSSR count). The average Bonchev–Trinajstić information content (AvgIpc) is 3.14. The van der Waals surface area contributed by atoms with Crippen LogP contribution in [0.1, 0.15) is 16.9 Å². The van der Waals surface area contributed by atoms with Crippen molar-refractivity contribution >= 4 is 17.3 Å². The molecule has 0 spiro atoms. The summed E-state index contributed by atoms with van der Waals surface area (Å²) in [6, 6.07) is 20.4. The number of rotatable bonds is 4. The van der Waals surface area contributed by atoms with Gasteiger partial charge in [-0.25, -0.2) is 0 Å². The van der Waals surface area contributed by atoms with Gasteiger partial charge in [-0.05, 0) is 35.9 Å². The van der Waals surface area contributed by atoms with E-state index in [0.717, 1.165) is 0 Å². The number of benzene rings is 2. The van der Waals surface area contributed by atoms with Crippen LogP contribution in [0.4, 0.5) is 5.69 Å². The van der Waals surface area contributed by atoms with Crippen molar-refractivity contribution < 1.29 is 9.34 Å². The molecule has 0 N–H and O–H groups in total. The maximum atomic E-state index is 10.9. The molecular weight excluding hydrogens is 330 g/mol. The molecule has 0 unspecified atom stereocenters. The highest BCUT2D eigenvalue weighted by molar-refractivity contribution is 5.89. The highest BCUT2D eigenvalue weighted by atomic mass is 16.6. The zero-order valence-electron chi connectivity index (χ0n) is 13.4. The fourth-order valence-corrected chi connectivity index (χ4v) is 2.48. The SMILES string of the molecule is N#C/C(=C\c1ccc(-c2ccccc2C#N)o1)c1cccc([N+](=O)[O-])c1. The molecule has 0 radical (unpaired) electrons. The van der Waals surface area contributed by atoms with Gasteiger partial charge in [-0.1, -0.05) is 24.3 Å². The normalized spacial score (nSPS) is 10.8. The van der Waals surface area contributed by atoms with E-state index in [1.165, 1.54) is 24.3 Å². The molecule has 6 heteroatoms. The van der Waals surface area contributed by atoms with Crippen LogP contribution in [0, 0.1) is 32.8 Å². The van der Waals surface area contributed by atoms with Crippen LogP contribution in [0.2, 0.25) is 0 Å². The molecule has 1 heterocycles. The lowest BCUT2D eigenvalue weighted by Gasteiger charge is -2.00. The van der Waals surface area contributed by atoms with Crippen LogP contribution < -0.4 is 0 Å². The van der Waals surface area contributed by atoms with Crippen molar-refractivity contribution in [3.05, 3.63) is 87.7 Å². The highest BCUT2D eigenvalue weighted by Crippen LogP contribution is 2.28. The Kier molecular flexibility index (Phi) is 4.60. The Bertz CT molecular complexity index is 1100. The van der Waals surface area contributed by atoms with Gasteiger partial charge < -0.3 is 4.42 Å². The third kappa shape index (κ3) is 3.35. The van der Waals surface area contributed by atoms with E-state index in [1.807, 2.05) is 6.07 Å². The Morgan fingerprint density at radius 2 is 1.88 bits per heavy atom. The summed E-state index contributed by atoms with van der Waals surface area (Å²) < 4.78 is 5.73. The van der Waals surface area contributed by atoms with E-state index in [9.17, 15) is 20.6 Å². The van der Waals surface area contributed by atoms with Crippen molar-refractivity contribution in [3.63, 3.8) is 0 Å². The predicted molar refractivity (Wildman–Crippen MR) is 95.4 cm³/mol. The number of allylic oxidation sites excluding steroid dienone is 1. The Hall–Kier alpha value is -4.16. The van der Waals surface area contributed by atoms with Crippen LogP contribution in [0.25, 0.3) is 23.0 Å². The van der Waals surface area contributed by atoms with Gasteiger partial charge in [-0.15, -0.1) is 0 Å². The first-order valence-corrected chi connectivity index (χ1v) is 7.58. The van der Waals surface area contributed by atoms with Gasteiger partial charge in [0.1, 0.15) is 11.5 Å². The van der Waals surface area contributed by atoms with E-state index >= 15 is 0 Å². The van der Waals surface area contributed by atoms with E-state index in [1.54, 1.807) is 42.5 Å². The molecule has 0 saturated heterocycles. The minimum Gasteiger partial charge on any atom is -0.457 e. The third-order valence-electron chi connectivity index (χ3n) is 3.71. The number of nitriles is 2. The predicted octanol–water partition coefficient (Wildman–Crippen LogP) is 4.79. The van der Waals surface area contributed by atoms with E-state index in [2.05, 4.69) is 6.07 Å². The molecule has 0 atom stereocenters. The van der Waals surface area contributed by atoms with Crippen molar-refractivity contribution in [2.45, 2.75) is 0 Å². The number of hydrogen-bond acceptors (Lipinski definition) is 5. The Morgan fingerprint density at radius 1 is 1.08 bits per heavy atom. The molecule has 26 heavy (non-hydrogen) atoms. The molecule has 0 fully saturated rings. The molecule has 0 aliphatic carbocycles. The molecular formula is C20H11N3O3. The van der Waals surface area contributed by atoms with Gasteiger partial charge in [-0.2, -0.15) is 10.5 Å². The first-order chi connectivity index (χ1) is 12.6. The summed E-state index contributed by atoms with van der Waals surface area (Å²) in [6.07, 6.45) is 1.51. The van der Waals surface area contributed by atoms with E-state index in [-0.39, 0.29) is 11.3 Å². The molecule has 124 valence electrons. The molecule has 2 aromatic carbocycles. The molecule has 0 aliphatic rings. The number of furan rings is 1. The molecule has 6 nitrogen and oxygen atoms in total. The first kappa shape index (κ1) is 16.7. The minimum atomic E-state index is -0.512. The van der Waals surface area contributed by atoms with Crippen molar-refractivity contribution in [2.75, 3.05) is 0 Å². The zero-order chi connectivity index (χ0) is 18.5. The standard InChI is InChI=1S/C20H11N3O3/c21-12-15-4-1-2-7-19(15)20-9-8-18(26-20)11-16(13-22)14-5-3-6-17(10-14)23(24)25/h1-11H/b16-11+. The lowest BCUT2D eigenvalue weighted by Crippen LogP contribution is -1.89. The maximum Gasteiger partial charge on any atom is 0.270 e. The summed E-state index contributed by atoms with van der Waals surface area (Å²) in [5.74, 6) is 0.917. The van der Waals surface area contributed by atoms with Gasteiger partial charge >= 0.3 is 0 Å². The second kappa shape index (κ2) is 7.16.